The van der Waals surface area contributed by atoms with Crippen molar-refractivity contribution in [2.24, 2.45) is 0 Å². The number of pyridine rings is 1. The van der Waals surface area contributed by atoms with Gasteiger partial charge in [0.1, 0.15) is 5.82 Å². The number of carbonyl (C=O) groups is 1. The monoisotopic (exact) mass is 231 g/mol. The van der Waals surface area contributed by atoms with Crippen LogP contribution >= 0.6 is 0 Å². The highest BCUT2D eigenvalue weighted by Crippen LogP contribution is 2.17. The van der Waals surface area contributed by atoms with E-state index < -0.39 is 0 Å². The molecule has 6 nitrogen and oxygen atoms in total. The Bertz CT molecular complexity index is 541. The molecule has 0 fully saturated rings. The molecule has 17 heavy (non-hydrogen) atoms. The zero-order valence-corrected chi connectivity index (χ0v) is 9.61. The number of hydrogen-bond donors (Lipinski definition) is 3. The van der Waals surface area contributed by atoms with Gasteiger partial charge in [0.05, 0.1) is 17.1 Å². The van der Waals surface area contributed by atoms with Crippen LogP contribution in [0.4, 0.5) is 11.5 Å². The summed E-state index contributed by atoms with van der Waals surface area (Å²) >= 11 is 0. The first-order chi connectivity index (χ1) is 8.08. The summed E-state index contributed by atoms with van der Waals surface area (Å²) in [5, 5.41) is 9.59. The van der Waals surface area contributed by atoms with Crippen molar-refractivity contribution in [1.29, 1.82) is 0 Å². The number of nitrogens with zero attached hydrogens (tertiary/aromatic N) is 2. The van der Waals surface area contributed by atoms with E-state index >= 15 is 0 Å². The van der Waals surface area contributed by atoms with Crippen LogP contribution < -0.4 is 11.1 Å². The Balaban J connectivity index is 2.23. The zero-order chi connectivity index (χ0) is 12.4. The van der Waals surface area contributed by atoms with E-state index in [0.717, 1.165) is 11.4 Å². The van der Waals surface area contributed by atoms with Gasteiger partial charge in [0.15, 0.2) is 0 Å². The number of rotatable bonds is 2. The molecule has 0 aliphatic rings. The van der Waals surface area contributed by atoms with Gasteiger partial charge in [-0.25, -0.2) is 4.98 Å². The minimum absolute atomic E-state index is 0.230. The first kappa shape index (κ1) is 11.1. The summed E-state index contributed by atoms with van der Waals surface area (Å²) in [5.74, 6) is 0.0880. The Kier molecular flexibility index (Phi) is 2.78. The number of nitrogens with two attached hydrogens (primary N) is 1. The van der Waals surface area contributed by atoms with E-state index in [0.29, 0.717) is 17.1 Å². The first-order valence-corrected chi connectivity index (χ1v) is 5.12. The lowest BCUT2D eigenvalue weighted by Crippen LogP contribution is -2.13. The van der Waals surface area contributed by atoms with E-state index in [1.807, 2.05) is 13.8 Å². The Morgan fingerprint density at radius 3 is 2.82 bits per heavy atom. The summed E-state index contributed by atoms with van der Waals surface area (Å²) in [7, 11) is 0. The van der Waals surface area contributed by atoms with Crippen molar-refractivity contribution in [1.82, 2.24) is 15.2 Å². The van der Waals surface area contributed by atoms with Crippen LogP contribution in [0.1, 0.15) is 21.7 Å². The number of aromatic nitrogens is 3. The van der Waals surface area contributed by atoms with Gasteiger partial charge in [-0.2, -0.15) is 5.10 Å². The summed E-state index contributed by atoms with van der Waals surface area (Å²) in [5.41, 5.74) is 8.25. The predicted octanol–water partition coefficient (Wildman–Crippen LogP) is 1.26. The van der Waals surface area contributed by atoms with Crippen LogP contribution in [0.25, 0.3) is 0 Å². The number of nitrogens with one attached hydrogen (secondary N) is 2. The molecule has 0 aliphatic heterocycles. The minimum atomic E-state index is -0.230. The molecule has 0 saturated heterocycles. The average Bonchev–Trinajstić information content (AvgIpc) is 2.61. The number of carbonyl (C=O) groups excluding carboxylic acids is 1. The average molecular weight is 231 g/mol. The molecule has 2 aromatic heterocycles. The standard InChI is InChI=1S/C11H13N5O/c1-6-10(7(2)16-15-6)14-11(17)8-3-4-13-9(12)5-8/h3-5H,1-2H3,(H2,12,13)(H,14,17)(H,15,16). The fourth-order valence-corrected chi connectivity index (χ4v) is 1.51. The maximum atomic E-state index is 11.9. The number of amides is 1. The van der Waals surface area contributed by atoms with Gasteiger partial charge in [-0.05, 0) is 26.0 Å². The maximum Gasteiger partial charge on any atom is 0.255 e. The van der Waals surface area contributed by atoms with E-state index in [2.05, 4.69) is 20.5 Å². The van der Waals surface area contributed by atoms with Gasteiger partial charge >= 0.3 is 0 Å². The van der Waals surface area contributed by atoms with Gasteiger partial charge in [0.2, 0.25) is 0 Å². The lowest BCUT2D eigenvalue weighted by Gasteiger charge is -2.05. The van der Waals surface area contributed by atoms with Crippen molar-refractivity contribution in [3.8, 4) is 0 Å². The molecular weight excluding hydrogens is 218 g/mol. The van der Waals surface area contributed by atoms with Gasteiger partial charge in [0.25, 0.3) is 5.91 Å². The van der Waals surface area contributed by atoms with E-state index in [9.17, 15) is 4.79 Å². The molecule has 1 amide bonds. The molecule has 0 spiro atoms. The Labute approximate surface area is 98.3 Å². The Morgan fingerprint density at radius 1 is 1.47 bits per heavy atom. The number of hydrogen-bond acceptors (Lipinski definition) is 4. The lowest BCUT2D eigenvalue weighted by atomic mass is 10.2. The predicted molar refractivity (Wildman–Crippen MR) is 64.7 cm³/mol. The summed E-state index contributed by atoms with van der Waals surface area (Å²) < 4.78 is 0. The van der Waals surface area contributed by atoms with Gasteiger partial charge in [0, 0.05) is 11.8 Å². The lowest BCUT2D eigenvalue weighted by molar-refractivity contribution is 0.102. The van der Waals surface area contributed by atoms with Crippen LogP contribution in [0.2, 0.25) is 0 Å². The largest absolute Gasteiger partial charge is 0.384 e. The summed E-state index contributed by atoms with van der Waals surface area (Å²) in [6, 6.07) is 3.14. The molecular formula is C11H13N5O. The van der Waals surface area contributed by atoms with Gasteiger partial charge in [-0.15, -0.1) is 0 Å². The molecule has 4 N–H and O–H groups in total. The SMILES string of the molecule is Cc1n[nH]c(C)c1NC(=O)c1ccnc(N)c1. The molecule has 0 bridgehead atoms. The molecule has 0 aromatic carbocycles. The third kappa shape index (κ3) is 2.25. The molecule has 6 heteroatoms. The Hall–Kier alpha value is -2.37. The van der Waals surface area contributed by atoms with Gasteiger partial charge in [-0.1, -0.05) is 0 Å². The summed E-state index contributed by atoms with van der Waals surface area (Å²) in [4.78, 5) is 15.8. The quantitative estimate of drug-likeness (QED) is 0.724. The third-order valence-electron chi connectivity index (χ3n) is 2.41. The second-order valence-corrected chi connectivity index (χ2v) is 3.73. The van der Waals surface area contributed by atoms with Crippen molar-refractivity contribution >= 4 is 17.4 Å². The number of nitrogen functional groups attached to an aromatic ring is 1. The smallest absolute Gasteiger partial charge is 0.255 e. The van der Waals surface area contributed by atoms with Crippen molar-refractivity contribution in [3.05, 3.63) is 35.3 Å². The van der Waals surface area contributed by atoms with Crippen molar-refractivity contribution in [2.45, 2.75) is 13.8 Å². The van der Waals surface area contributed by atoms with Crippen LogP contribution in [0.5, 0.6) is 0 Å². The van der Waals surface area contributed by atoms with Crippen LogP contribution in [0.15, 0.2) is 18.3 Å². The molecule has 0 saturated carbocycles. The van der Waals surface area contributed by atoms with Crippen molar-refractivity contribution in [3.63, 3.8) is 0 Å². The molecule has 0 unspecified atom stereocenters. The normalized spacial score (nSPS) is 10.2. The molecule has 0 aliphatic carbocycles. The topological polar surface area (TPSA) is 96.7 Å². The second kappa shape index (κ2) is 4.25. The molecule has 0 radical (unpaired) electrons. The summed E-state index contributed by atoms with van der Waals surface area (Å²) in [6.07, 6.45) is 1.50. The highest BCUT2D eigenvalue weighted by Gasteiger charge is 2.12. The van der Waals surface area contributed by atoms with Crippen LogP contribution in [0.3, 0.4) is 0 Å². The van der Waals surface area contributed by atoms with Gasteiger partial charge in [-0.3, -0.25) is 9.89 Å². The first-order valence-electron chi connectivity index (χ1n) is 5.12. The van der Waals surface area contributed by atoms with E-state index in [1.165, 1.54) is 12.3 Å². The third-order valence-corrected chi connectivity index (χ3v) is 2.41. The maximum absolute atomic E-state index is 11.9. The number of anilines is 2. The molecule has 2 aromatic rings. The number of aromatic amines is 1. The number of H-pyrrole nitrogens is 1. The van der Waals surface area contributed by atoms with Crippen molar-refractivity contribution < 1.29 is 4.79 Å². The van der Waals surface area contributed by atoms with E-state index in [4.69, 9.17) is 5.73 Å². The molecule has 0 atom stereocenters. The number of aryl methyl sites for hydroxylation is 2. The summed E-state index contributed by atoms with van der Waals surface area (Å²) in [6.45, 7) is 3.66. The second-order valence-electron chi connectivity index (χ2n) is 3.73. The van der Waals surface area contributed by atoms with Crippen LogP contribution in [0, 0.1) is 13.8 Å². The van der Waals surface area contributed by atoms with E-state index in [1.54, 1.807) is 6.07 Å². The minimum Gasteiger partial charge on any atom is -0.384 e. The Morgan fingerprint density at radius 2 is 2.24 bits per heavy atom. The zero-order valence-electron chi connectivity index (χ0n) is 9.61. The molecule has 2 rings (SSSR count). The van der Waals surface area contributed by atoms with Crippen LogP contribution in [-0.4, -0.2) is 21.1 Å². The van der Waals surface area contributed by atoms with Crippen LogP contribution in [-0.2, 0) is 0 Å². The van der Waals surface area contributed by atoms with Crippen molar-refractivity contribution in [2.75, 3.05) is 11.1 Å². The fourth-order valence-electron chi connectivity index (χ4n) is 1.51. The molecule has 88 valence electrons. The fraction of sp³-hybridized carbons (Fsp3) is 0.182. The van der Waals surface area contributed by atoms with Gasteiger partial charge < -0.3 is 11.1 Å². The highest BCUT2D eigenvalue weighted by molar-refractivity contribution is 6.05. The highest BCUT2D eigenvalue weighted by atomic mass is 16.1. The van der Waals surface area contributed by atoms with E-state index in [-0.39, 0.29) is 5.91 Å². The molecule has 2 heterocycles.